The molecule has 0 heterocycles. The van der Waals surface area contributed by atoms with E-state index in [1.54, 1.807) is 24.3 Å². The molecule has 2 rings (SSSR count). The van der Waals surface area contributed by atoms with Gasteiger partial charge in [-0.05, 0) is 30.5 Å². The van der Waals surface area contributed by atoms with Crippen molar-refractivity contribution in [3.63, 3.8) is 0 Å². The van der Waals surface area contributed by atoms with Crippen LogP contribution in [0.2, 0.25) is 0 Å². The SMILES string of the molecule is O=C(Cc1ccc(O)cc1)C1CC1. The van der Waals surface area contributed by atoms with Crippen LogP contribution < -0.4 is 0 Å². The zero-order valence-electron chi connectivity index (χ0n) is 7.36. The molecule has 1 aliphatic rings. The van der Waals surface area contributed by atoms with Gasteiger partial charge in [0.15, 0.2) is 0 Å². The van der Waals surface area contributed by atoms with Crippen LogP contribution in [0, 0.1) is 5.92 Å². The summed E-state index contributed by atoms with van der Waals surface area (Å²) in [4.78, 5) is 11.4. The summed E-state index contributed by atoms with van der Waals surface area (Å²) in [5.41, 5.74) is 0.995. The maximum atomic E-state index is 11.4. The number of hydrogen-bond donors (Lipinski definition) is 1. The Morgan fingerprint density at radius 2 is 1.92 bits per heavy atom. The van der Waals surface area contributed by atoms with E-state index in [0.717, 1.165) is 18.4 Å². The molecule has 0 radical (unpaired) electrons. The number of carbonyl (C=O) groups excluding carboxylic acids is 1. The van der Waals surface area contributed by atoms with Crippen molar-refractivity contribution in [2.24, 2.45) is 5.92 Å². The van der Waals surface area contributed by atoms with Gasteiger partial charge in [-0.2, -0.15) is 0 Å². The molecule has 2 nitrogen and oxygen atoms in total. The first kappa shape index (κ1) is 8.30. The van der Waals surface area contributed by atoms with Gasteiger partial charge in [0.1, 0.15) is 11.5 Å². The fourth-order valence-electron chi connectivity index (χ4n) is 1.36. The van der Waals surface area contributed by atoms with E-state index in [1.807, 2.05) is 0 Å². The molecule has 1 aliphatic carbocycles. The molecule has 68 valence electrons. The lowest BCUT2D eigenvalue weighted by Crippen LogP contribution is -2.04. The molecule has 0 unspecified atom stereocenters. The van der Waals surface area contributed by atoms with Gasteiger partial charge in [0, 0.05) is 12.3 Å². The summed E-state index contributed by atoms with van der Waals surface area (Å²) in [5, 5.41) is 9.03. The van der Waals surface area contributed by atoms with Gasteiger partial charge in [0.25, 0.3) is 0 Å². The summed E-state index contributed by atoms with van der Waals surface area (Å²) < 4.78 is 0. The van der Waals surface area contributed by atoms with Crippen molar-refractivity contribution < 1.29 is 9.90 Å². The predicted octanol–water partition coefficient (Wildman–Crippen LogP) is 1.91. The highest BCUT2D eigenvalue weighted by molar-refractivity contribution is 5.85. The minimum atomic E-state index is 0.252. The van der Waals surface area contributed by atoms with Crippen LogP contribution >= 0.6 is 0 Å². The van der Waals surface area contributed by atoms with E-state index in [-0.39, 0.29) is 5.75 Å². The molecule has 0 amide bonds. The summed E-state index contributed by atoms with van der Waals surface area (Å²) in [6.07, 6.45) is 2.65. The summed E-state index contributed by atoms with van der Waals surface area (Å²) in [5.74, 6) is 0.919. The number of carbonyl (C=O) groups is 1. The average Bonchev–Trinajstić information content (AvgIpc) is 2.91. The second-order valence-corrected chi connectivity index (χ2v) is 3.58. The van der Waals surface area contributed by atoms with Crippen LogP contribution in [-0.2, 0) is 11.2 Å². The monoisotopic (exact) mass is 176 g/mol. The van der Waals surface area contributed by atoms with Crippen LogP contribution in [0.25, 0.3) is 0 Å². The largest absolute Gasteiger partial charge is 0.508 e. The fraction of sp³-hybridized carbons (Fsp3) is 0.364. The Morgan fingerprint density at radius 3 is 2.46 bits per heavy atom. The topological polar surface area (TPSA) is 37.3 Å². The number of rotatable bonds is 3. The number of phenolic OH excluding ortho intramolecular Hbond substituents is 1. The molecule has 0 aromatic heterocycles. The van der Waals surface area contributed by atoms with E-state index < -0.39 is 0 Å². The average molecular weight is 176 g/mol. The molecule has 13 heavy (non-hydrogen) atoms. The summed E-state index contributed by atoms with van der Waals surface area (Å²) in [7, 11) is 0. The van der Waals surface area contributed by atoms with Crippen LogP contribution in [-0.4, -0.2) is 10.9 Å². The second-order valence-electron chi connectivity index (χ2n) is 3.58. The van der Waals surface area contributed by atoms with E-state index in [4.69, 9.17) is 5.11 Å². The molecule has 0 atom stereocenters. The normalized spacial score (nSPS) is 15.7. The summed E-state index contributed by atoms with van der Waals surface area (Å²) in [6, 6.07) is 6.84. The molecule has 1 saturated carbocycles. The molecule has 1 aromatic rings. The molecule has 0 saturated heterocycles. The van der Waals surface area contributed by atoms with Crippen LogP contribution in [0.4, 0.5) is 0 Å². The molecule has 2 heteroatoms. The van der Waals surface area contributed by atoms with Crippen molar-refractivity contribution in [3.8, 4) is 5.75 Å². The van der Waals surface area contributed by atoms with Crippen molar-refractivity contribution in [2.75, 3.05) is 0 Å². The van der Waals surface area contributed by atoms with E-state index in [2.05, 4.69) is 0 Å². The zero-order valence-corrected chi connectivity index (χ0v) is 7.36. The molecular weight excluding hydrogens is 164 g/mol. The highest BCUT2D eigenvalue weighted by Crippen LogP contribution is 2.30. The molecule has 0 aliphatic heterocycles. The number of phenols is 1. The van der Waals surface area contributed by atoms with E-state index in [0.29, 0.717) is 18.1 Å². The summed E-state index contributed by atoms with van der Waals surface area (Å²) in [6.45, 7) is 0. The first-order valence-corrected chi connectivity index (χ1v) is 4.56. The molecule has 1 N–H and O–H groups in total. The van der Waals surface area contributed by atoms with Crippen LogP contribution in [0.5, 0.6) is 5.75 Å². The number of benzene rings is 1. The lowest BCUT2D eigenvalue weighted by molar-refractivity contribution is -0.119. The minimum absolute atomic E-state index is 0.252. The molecular formula is C11H12O2. The Kier molecular flexibility index (Phi) is 2.05. The van der Waals surface area contributed by atoms with E-state index in [1.165, 1.54) is 0 Å². The van der Waals surface area contributed by atoms with Crippen LogP contribution in [0.1, 0.15) is 18.4 Å². The van der Waals surface area contributed by atoms with Gasteiger partial charge in [-0.1, -0.05) is 12.1 Å². The first-order chi connectivity index (χ1) is 6.25. The van der Waals surface area contributed by atoms with Crippen molar-refractivity contribution in [1.82, 2.24) is 0 Å². The van der Waals surface area contributed by atoms with Gasteiger partial charge >= 0.3 is 0 Å². The molecule has 0 spiro atoms. The standard InChI is InChI=1S/C11H12O2/c12-10-5-1-8(2-6-10)7-11(13)9-3-4-9/h1-2,5-6,9,12H,3-4,7H2. The van der Waals surface area contributed by atoms with Gasteiger partial charge in [-0.3, -0.25) is 4.79 Å². The Bertz CT molecular complexity index is 309. The van der Waals surface area contributed by atoms with Gasteiger partial charge < -0.3 is 5.11 Å². The molecule has 1 aromatic carbocycles. The van der Waals surface area contributed by atoms with Crippen molar-refractivity contribution in [2.45, 2.75) is 19.3 Å². The van der Waals surface area contributed by atoms with Gasteiger partial charge in [0.05, 0.1) is 0 Å². The first-order valence-electron chi connectivity index (χ1n) is 4.56. The molecule has 1 fully saturated rings. The predicted molar refractivity (Wildman–Crippen MR) is 49.5 cm³/mol. The third-order valence-corrected chi connectivity index (χ3v) is 2.35. The Morgan fingerprint density at radius 1 is 1.31 bits per heavy atom. The lowest BCUT2D eigenvalue weighted by atomic mass is 10.1. The van der Waals surface area contributed by atoms with Gasteiger partial charge in [-0.15, -0.1) is 0 Å². The van der Waals surface area contributed by atoms with Gasteiger partial charge in [0.2, 0.25) is 0 Å². The quantitative estimate of drug-likeness (QED) is 0.763. The third-order valence-electron chi connectivity index (χ3n) is 2.35. The Hall–Kier alpha value is -1.31. The number of Topliss-reactive ketones (excluding diaryl/α,β-unsaturated/α-hetero) is 1. The Balaban J connectivity index is 2.00. The van der Waals surface area contributed by atoms with Crippen molar-refractivity contribution in [1.29, 1.82) is 0 Å². The van der Waals surface area contributed by atoms with Gasteiger partial charge in [-0.25, -0.2) is 0 Å². The maximum Gasteiger partial charge on any atom is 0.140 e. The van der Waals surface area contributed by atoms with E-state index >= 15 is 0 Å². The third kappa shape index (κ3) is 2.08. The van der Waals surface area contributed by atoms with Crippen LogP contribution in [0.15, 0.2) is 24.3 Å². The highest BCUT2D eigenvalue weighted by atomic mass is 16.3. The second kappa shape index (κ2) is 3.21. The van der Waals surface area contributed by atoms with E-state index in [9.17, 15) is 4.79 Å². The molecule has 0 bridgehead atoms. The number of ketones is 1. The smallest absolute Gasteiger partial charge is 0.140 e. The van der Waals surface area contributed by atoms with Crippen molar-refractivity contribution >= 4 is 5.78 Å². The number of aromatic hydroxyl groups is 1. The zero-order chi connectivity index (χ0) is 9.26. The number of hydrogen-bond acceptors (Lipinski definition) is 2. The van der Waals surface area contributed by atoms with Crippen LogP contribution in [0.3, 0.4) is 0 Å². The highest BCUT2D eigenvalue weighted by Gasteiger charge is 2.28. The summed E-state index contributed by atoms with van der Waals surface area (Å²) >= 11 is 0. The Labute approximate surface area is 77.2 Å². The fourth-order valence-corrected chi connectivity index (χ4v) is 1.36. The maximum absolute atomic E-state index is 11.4. The minimum Gasteiger partial charge on any atom is -0.508 e. The van der Waals surface area contributed by atoms with Crippen molar-refractivity contribution in [3.05, 3.63) is 29.8 Å². The lowest BCUT2D eigenvalue weighted by Gasteiger charge is -1.99.